The first-order valence-corrected chi connectivity index (χ1v) is 9.24. The highest BCUT2D eigenvalue weighted by Gasteiger charge is 2.16. The zero-order valence-electron chi connectivity index (χ0n) is 16.6. The second-order valence-corrected chi connectivity index (χ2v) is 6.29. The molecule has 142 valence electrons. The molecule has 2 heterocycles. The Labute approximate surface area is 149 Å². The number of imidazole rings is 1. The first-order chi connectivity index (χ1) is 11.9. The summed E-state index contributed by atoms with van der Waals surface area (Å²) < 4.78 is 4.46. The van der Waals surface area contributed by atoms with Gasteiger partial charge in [0, 0.05) is 20.6 Å². The lowest BCUT2D eigenvalue weighted by atomic mass is 10.3. The Morgan fingerprint density at radius 2 is 1.56 bits per heavy atom. The quantitative estimate of drug-likeness (QED) is 0.774. The van der Waals surface area contributed by atoms with Crippen LogP contribution in [0, 0.1) is 6.92 Å². The van der Waals surface area contributed by atoms with Crippen LogP contribution in [0.15, 0.2) is 9.59 Å². The minimum Gasteiger partial charge on any atom is -0.322 e. The maximum Gasteiger partial charge on any atom is 0.332 e. The highest BCUT2D eigenvalue weighted by molar-refractivity contribution is 5.70. The monoisotopic (exact) mass is 351 g/mol. The van der Waals surface area contributed by atoms with E-state index >= 15 is 0 Å². The van der Waals surface area contributed by atoms with Crippen LogP contribution in [0.25, 0.3) is 11.2 Å². The first kappa shape index (κ1) is 21.2. The molecule has 0 aliphatic heterocycles. The Hall–Kier alpha value is -1.89. The number of fused-ring (bicyclic) bond motifs is 1. The van der Waals surface area contributed by atoms with Gasteiger partial charge in [-0.2, -0.15) is 0 Å². The van der Waals surface area contributed by atoms with Crippen molar-refractivity contribution in [3.8, 4) is 0 Å². The summed E-state index contributed by atoms with van der Waals surface area (Å²) >= 11 is 0. The molecule has 2 aromatic heterocycles. The van der Waals surface area contributed by atoms with Gasteiger partial charge in [-0.25, -0.2) is 9.78 Å². The van der Waals surface area contributed by atoms with Crippen molar-refractivity contribution in [1.29, 1.82) is 0 Å². The Morgan fingerprint density at radius 3 is 2.08 bits per heavy atom. The van der Waals surface area contributed by atoms with Crippen LogP contribution in [0.3, 0.4) is 0 Å². The maximum absolute atomic E-state index is 12.2. The van der Waals surface area contributed by atoms with Crippen LogP contribution in [0.4, 0.5) is 0 Å². The molecule has 0 fully saturated rings. The second-order valence-electron chi connectivity index (χ2n) is 6.29. The van der Waals surface area contributed by atoms with E-state index < -0.39 is 0 Å². The number of nitrogens with one attached hydrogen (secondary N) is 1. The molecule has 0 spiro atoms. The molecular weight excluding hydrogens is 318 g/mol. The van der Waals surface area contributed by atoms with Crippen LogP contribution in [0.5, 0.6) is 0 Å². The maximum atomic E-state index is 12.2. The first-order valence-electron chi connectivity index (χ1n) is 9.24. The van der Waals surface area contributed by atoms with E-state index in [1.54, 1.807) is 7.05 Å². The molecule has 0 saturated heterocycles. The number of hydrogen-bond donors (Lipinski definition) is 1. The lowest BCUT2D eigenvalue weighted by Crippen LogP contribution is -2.37. The van der Waals surface area contributed by atoms with Crippen molar-refractivity contribution in [3.63, 3.8) is 0 Å². The van der Waals surface area contributed by atoms with E-state index in [4.69, 9.17) is 0 Å². The van der Waals surface area contributed by atoms with Crippen LogP contribution < -0.4 is 16.6 Å². The molecular formula is C18H33N5O2. The lowest BCUT2D eigenvalue weighted by molar-refractivity contribution is 0.625. The summed E-state index contributed by atoms with van der Waals surface area (Å²) in [6.45, 7) is 11.4. The molecule has 0 aliphatic rings. The number of rotatable bonds is 7. The fourth-order valence-electron chi connectivity index (χ4n) is 2.62. The van der Waals surface area contributed by atoms with E-state index in [9.17, 15) is 9.59 Å². The third-order valence-corrected chi connectivity index (χ3v) is 4.13. The standard InChI is InChI=1S/C12H18N4O2.C6H15N/c1-5-6-7-16-8(2)13-10-9(16)11(17)15(4)12(18)14(10)3;1-3-5-7-6-4-2/h5-7H2,1-4H3;7H,3-6H2,1-2H3. The summed E-state index contributed by atoms with van der Waals surface area (Å²) in [4.78, 5) is 28.3. The summed E-state index contributed by atoms with van der Waals surface area (Å²) in [6.07, 6.45) is 4.53. The highest BCUT2D eigenvalue weighted by atomic mass is 16.2. The van der Waals surface area contributed by atoms with Gasteiger partial charge in [0.15, 0.2) is 11.2 Å². The Kier molecular flexibility index (Phi) is 8.61. The van der Waals surface area contributed by atoms with Crippen molar-refractivity contribution in [2.75, 3.05) is 13.1 Å². The van der Waals surface area contributed by atoms with Gasteiger partial charge in [-0.3, -0.25) is 13.9 Å². The zero-order chi connectivity index (χ0) is 19.0. The van der Waals surface area contributed by atoms with E-state index in [2.05, 4.69) is 31.1 Å². The van der Waals surface area contributed by atoms with Crippen molar-refractivity contribution in [1.82, 2.24) is 24.0 Å². The van der Waals surface area contributed by atoms with Crippen LogP contribution >= 0.6 is 0 Å². The lowest BCUT2D eigenvalue weighted by Gasteiger charge is -2.06. The topological polar surface area (TPSA) is 73.8 Å². The number of nitrogens with zero attached hydrogens (tertiary/aromatic N) is 4. The van der Waals surface area contributed by atoms with Gasteiger partial charge in [0.2, 0.25) is 0 Å². The van der Waals surface area contributed by atoms with E-state index in [0.717, 1.165) is 29.8 Å². The predicted molar refractivity (Wildman–Crippen MR) is 103 cm³/mol. The Morgan fingerprint density at radius 1 is 0.960 bits per heavy atom. The minimum absolute atomic E-state index is 0.273. The average molecular weight is 351 g/mol. The van der Waals surface area contributed by atoms with E-state index in [0.29, 0.717) is 11.2 Å². The summed E-state index contributed by atoms with van der Waals surface area (Å²) in [6, 6.07) is 0. The molecule has 0 amide bonds. The van der Waals surface area contributed by atoms with Gasteiger partial charge in [0.1, 0.15) is 5.82 Å². The SMILES string of the molecule is CCCCn1c(C)nc2c1c(=O)n(C)c(=O)n2C.CCCNCCC. The van der Waals surface area contributed by atoms with Gasteiger partial charge in [-0.1, -0.05) is 27.2 Å². The number of hydrogen-bond acceptors (Lipinski definition) is 4. The van der Waals surface area contributed by atoms with Crippen LogP contribution in [0.2, 0.25) is 0 Å². The normalized spacial score (nSPS) is 10.8. The van der Waals surface area contributed by atoms with Crippen LogP contribution in [-0.4, -0.2) is 31.8 Å². The largest absolute Gasteiger partial charge is 0.332 e. The fraction of sp³-hybridized carbons (Fsp3) is 0.722. The summed E-state index contributed by atoms with van der Waals surface area (Å²) in [7, 11) is 3.14. The van der Waals surface area contributed by atoms with Gasteiger partial charge in [0.05, 0.1) is 0 Å². The van der Waals surface area contributed by atoms with E-state index in [1.165, 1.54) is 37.5 Å². The predicted octanol–water partition coefficient (Wildman–Crippen LogP) is 1.94. The smallest absolute Gasteiger partial charge is 0.322 e. The third kappa shape index (κ3) is 5.04. The number of aryl methyl sites for hydroxylation is 3. The molecule has 0 aliphatic carbocycles. The fourth-order valence-corrected chi connectivity index (χ4v) is 2.62. The molecule has 0 bridgehead atoms. The Bertz CT molecular complexity index is 781. The summed E-state index contributed by atoms with van der Waals surface area (Å²) in [5, 5.41) is 3.28. The molecule has 0 saturated carbocycles. The molecule has 7 nitrogen and oxygen atoms in total. The molecule has 0 radical (unpaired) electrons. The molecule has 0 aromatic carbocycles. The Balaban J connectivity index is 0.000000381. The van der Waals surface area contributed by atoms with Gasteiger partial charge in [0.25, 0.3) is 5.56 Å². The van der Waals surface area contributed by atoms with Crippen molar-refractivity contribution < 1.29 is 0 Å². The van der Waals surface area contributed by atoms with Crippen molar-refractivity contribution in [3.05, 3.63) is 26.7 Å². The van der Waals surface area contributed by atoms with E-state index in [-0.39, 0.29) is 11.2 Å². The molecule has 25 heavy (non-hydrogen) atoms. The average Bonchev–Trinajstić information content (AvgIpc) is 2.94. The highest BCUT2D eigenvalue weighted by Crippen LogP contribution is 2.11. The second kappa shape index (κ2) is 10.2. The summed E-state index contributed by atoms with van der Waals surface area (Å²) in [5.41, 5.74) is 0.375. The third-order valence-electron chi connectivity index (χ3n) is 4.13. The van der Waals surface area contributed by atoms with Gasteiger partial charge in [-0.15, -0.1) is 0 Å². The molecule has 0 unspecified atom stereocenters. The number of aromatic nitrogens is 4. The van der Waals surface area contributed by atoms with Crippen molar-refractivity contribution in [2.24, 2.45) is 14.1 Å². The van der Waals surface area contributed by atoms with Gasteiger partial charge in [-0.05, 0) is 39.3 Å². The van der Waals surface area contributed by atoms with Crippen molar-refractivity contribution >= 4 is 11.2 Å². The molecule has 2 aromatic rings. The van der Waals surface area contributed by atoms with E-state index in [1.807, 2.05) is 11.5 Å². The molecule has 1 N–H and O–H groups in total. The van der Waals surface area contributed by atoms with Gasteiger partial charge < -0.3 is 9.88 Å². The van der Waals surface area contributed by atoms with Crippen molar-refractivity contribution in [2.45, 2.75) is 59.9 Å². The molecule has 2 rings (SSSR count). The zero-order valence-corrected chi connectivity index (χ0v) is 16.6. The number of unbranched alkanes of at least 4 members (excludes halogenated alkanes) is 1. The summed E-state index contributed by atoms with van der Waals surface area (Å²) in [5.74, 6) is 0.775. The van der Waals surface area contributed by atoms with Gasteiger partial charge >= 0.3 is 5.69 Å². The van der Waals surface area contributed by atoms with Crippen LogP contribution in [-0.2, 0) is 20.6 Å². The molecule has 7 heteroatoms. The molecule has 0 atom stereocenters. The van der Waals surface area contributed by atoms with Crippen LogP contribution in [0.1, 0.15) is 52.3 Å². The minimum atomic E-state index is -0.340.